The number of nitro groups is 1. The molecule has 5 heterocycles. The van der Waals surface area contributed by atoms with E-state index in [0.29, 0.717) is 50.5 Å². The number of nitro benzene ring substituents is 1. The predicted octanol–water partition coefficient (Wildman–Crippen LogP) is 3.52. The summed E-state index contributed by atoms with van der Waals surface area (Å²) in [6.07, 6.45) is 2.05. The minimum Gasteiger partial charge on any atom is -0.493 e. The zero-order valence-electron chi connectivity index (χ0n) is 23.1. The number of methoxy groups -OCH3 is 2. The zero-order valence-corrected chi connectivity index (χ0v) is 23.1. The summed E-state index contributed by atoms with van der Waals surface area (Å²) in [5.74, 6) is 1.26. The van der Waals surface area contributed by atoms with Crippen molar-refractivity contribution in [2.24, 2.45) is 11.8 Å². The highest BCUT2D eigenvalue weighted by Crippen LogP contribution is 2.48. The van der Waals surface area contributed by atoms with Crippen LogP contribution in [0.25, 0.3) is 0 Å². The standard InChI is InChI=1S/C31H32N4O6/c1-40-27-13-18-8-9-32(15-20(18)14-28(27)41-2)31(37)24-12-19-11-23(35(38)39)6-7-26(19)34-16-21-10-22(30(24)34)17-33-25(21)4-3-5-29(33)36/h3-7,11,13-14,21-22,24,30H,8-10,12,15-17H2,1-2H3/t21-,22+,24-,30+/m1/s1. The van der Waals surface area contributed by atoms with E-state index in [2.05, 4.69) is 4.90 Å². The summed E-state index contributed by atoms with van der Waals surface area (Å²) in [5.41, 5.74) is 5.04. The lowest BCUT2D eigenvalue weighted by Crippen LogP contribution is -2.61. The van der Waals surface area contributed by atoms with Gasteiger partial charge in [0, 0.05) is 67.7 Å². The molecule has 41 heavy (non-hydrogen) atoms. The molecule has 2 aromatic carbocycles. The third-order valence-corrected chi connectivity index (χ3v) is 9.55. The number of benzene rings is 2. The van der Waals surface area contributed by atoms with Gasteiger partial charge in [-0.2, -0.15) is 0 Å². The fourth-order valence-electron chi connectivity index (χ4n) is 7.74. The molecule has 212 valence electrons. The van der Waals surface area contributed by atoms with Crippen LogP contribution in [-0.2, 0) is 30.7 Å². The first-order valence-corrected chi connectivity index (χ1v) is 14.1. The van der Waals surface area contributed by atoms with Crippen molar-refractivity contribution in [1.82, 2.24) is 9.47 Å². The Balaban J connectivity index is 1.27. The van der Waals surface area contributed by atoms with E-state index < -0.39 is 0 Å². The second kappa shape index (κ2) is 9.64. The number of carbonyl (C=O) groups excluding carboxylic acids is 1. The summed E-state index contributed by atoms with van der Waals surface area (Å²) in [6.45, 7) is 2.29. The molecule has 0 radical (unpaired) electrons. The summed E-state index contributed by atoms with van der Waals surface area (Å²) in [5, 5.41) is 11.6. The van der Waals surface area contributed by atoms with Crippen LogP contribution in [0.2, 0.25) is 0 Å². The number of non-ortho nitro benzene ring substituents is 1. The molecule has 1 fully saturated rings. The summed E-state index contributed by atoms with van der Waals surface area (Å²) < 4.78 is 12.9. The van der Waals surface area contributed by atoms with Crippen molar-refractivity contribution in [2.45, 2.75) is 44.3 Å². The predicted molar refractivity (Wildman–Crippen MR) is 152 cm³/mol. The highest BCUT2D eigenvalue weighted by atomic mass is 16.6. The molecule has 10 nitrogen and oxygen atoms in total. The van der Waals surface area contributed by atoms with Gasteiger partial charge in [-0.25, -0.2) is 0 Å². The van der Waals surface area contributed by atoms with E-state index in [4.69, 9.17) is 9.47 Å². The van der Waals surface area contributed by atoms with Gasteiger partial charge in [-0.05, 0) is 66.1 Å². The minimum atomic E-state index is -0.377. The van der Waals surface area contributed by atoms with Gasteiger partial charge < -0.3 is 23.8 Å². The van der Waals surface area contributed by atoms with Gasteiger partial charge in [0.2, 0.25) is 5.91 Å². The quantitative estimate of drug-likeness (QED) is 0.358. The van der Waals surface area contributed by atoms with E-state index in [0.717, 1.165) is 34.5 Å². The second-order valence-electron chi connectivity index (χ2n) is 11.6. The maximum Gasteiger partial charge on any atom is 0.269 e. The number of anilines is 1. The molecule has 1 aromatic heterocycles. The van der Waals surface area contributed by atoms with Crippen LogP contribution in [0.15, 0.2) is 53.3 Å². The van der Waals surface area contributed by atoms with Gasteiger partial charge >= 0.3 is 0 Å². The van der Waals surface area contributed by atoms with E-state index in [1.807, 2.05) is 39.8 Å². The molecule has 2 bridgehead atoms. The summed E-state index contributed by atoms with van der Waals surface area (Å²) >= 11 is 0. The van der Waals surface area contributed by atoms with Crippen molar-refractivity contribution >= 4 is 17.3 Å². The molecule has 10 heteroatoms. The number of pyridine rings is 1. The Morgan fingerprint density at radius 2 is 1.78 bits per heavy atom. The Kier molecular flexibility index (Phi) is 6.02. The van der Waals surface area contributed by atoms with Crippen molar-refractivity contribution in [3.63, 3.8) is 0 Å². The van der Waals surface area contributed by atoms with Crippen LogP contribution in [0.1, 0.15) is 34.7 Å². The summed E-state index contributed by atoms with van der Waals surface area (Å²) in [6, 6.07) is 14.3. The lowest BCUT2D eigenvalue weighted by Gasteiger charge is -2.54. The van der Waals surface area contributed by atoms with Crippen molar-refractivity contribution in [2.75, 3.05) is 32.2 Å². The Labute approximate surface area is 237 Å². The third kappa shape index (κ3) is 4.07. The fraction of sp³-hybridized carbons (Fsp3) is 0.419. The molecule has 4 aliphatic heterocycles. The van der Waals surface area contributed by atoms with Gasteiger partial charge in [-0.15, -0.1) is 0 Å². The highest BCUT2D eigenvalue weighted by Gasteiger charge is 2.50. The van der Waals surface area contributed by atoms with Crippen molar-refractivity contribution in [1.29, 1.82) is 0 Å². The molecule has 1 saturated heterocycles. The number of rotatable bonds is 4. The van der Waals surface area contributed by atoms with E-state index >= 15 is 0 Å². The molecule has 0 N–H and O–H groups in total. The number of amides is 1. The van der Waals surface area contributed by atoms with E-state index in [-0.39, 0.29) is 45.9 Å². The SMILES string of the molecule is COc1cc2c(cc1OC)CN(C(=O)[C@@H]1Cc3cc([N+](=O)[O-])ccc3N3C[C@H]4C[C@@H](Cn5c4cccc5=O)[C@@H]13)CC2. The van der Waals surface area contributed by atoms with Crippen LogP contribution in [-0.4, -0.2) is 53.6 Å². The van der Waals surface area contributed by atoms with Gasteiger partial charge in [0.05, 0.1) is 25.1 Å². The molecule has 4 aliphatic rings. The topological polar surface area (TPSA) is 107 Å². The van der Waals surface area contributed by atoms with Crippen LogP contribution in [0.4, 0.5) is 11.4 Å². The van der Waals surface area contributed by atoms with E-state index in [9.17, 15) is 19.7 Å². The number of hydrogen-bond acceptors (Lipinski definition) is 7. The Morgan fingerprint density at radius 1 is 1.00 bits per heavy atom. The maximum absolute atomic E-state index is 14.4. The number of aromatic nitrogens is 1. The summed E-state index contributed by atoms with van der Waals surface area (Å²) in [4.78, 5) is 42.8. The van der Waals surface area contributed by atoms with Crippen LogP contribution in [0.5, 0.6) is 11.5 Å². The van der Waals surface area contributed by atoms with Gasteiger partial charge in [0.1, 0.15) is 0 Å². The number of carbonyl (C=O) groups is 1. The first kappa shape index (κ1) is 25.6. The van der Waals surface area contributed by atoms with Gasteiger partial charge in [-0.1, -0.05) is 6.07 Å². The van der Waals surface area contributed by atoms with Crippen molar-refractivity contribution < 1.29 is 19.2 Å². The zero-order chi connectivity index (χ0) is 28.4. The minimum absolute atomic E-state index is 0.00243. The van der Waals surface area contributed by atoms with Crippen LogP contribution in [0, 0.1) is 22.0 Å². The average Bonchev–Trinajstić information content (AvgIpc) is 2.99. The maximum atomic E-state index is 14.4. The van der Waals surface area contributed by atoms with Crippen molar-refractivity contribution in [3.05, 3.63) is 91.4 Å². The number of fused-ring (bicyclic) bond motifs is 9. The van der Waals surface area contributed by atoms with E-state index in [1.54, 1.807) is 32.4 Å². The fourth-order valence-corrected chi connectivity index (χ4v) is 7.74. The monoisotopic (exact) mass is 556 g/mol. The molecule has 0 unspecified atom stereocenters. The van der Waals surface area contributed by atoms with Crippen LogP contribution < -0.4 is 19.9 Å². The largest absolute Gasteiger partial charge is 0.493 e. The number of ether oxygens (including phenoxy) is 2. The van der Waals surface area contributed by atoms with Crippen molar-refractivity contribution in [3.8, 4) is 11.5 Å². The second-order valence-corrected chi connectivity index (χ2v) is 11.6. The smallest absolute Gasteiger partial charge is 0.269 e. The van der Waals surface area contributed by atoms with Gasteiger partial charge in [0.25, 0.3) is 11.2 Å². The lowest BCUT2D eigenvalue weighted by molar-refractivity contribution is -0.384. The Bertz CT molecular complexity index is 1630. The third-order valence-electron chi connectivity index (χ3n) is 9.55. The molecule has 3 aromatic rings. The Hall–Kier alpha value is -4.34. The molecular formula is C31H32N4O6. The number of piperidine rings is 1. The first-order chi connectivity index (χ1) is 19.9. The molecule has 0 aliphatic carbocycles. The van der Waals surface area contributed by atoms with Gasteiger partial charge in [-0.3, -0.25) is 19.7 Å². The summed E-state index contributed by atoms with van der Waals surface area (Å²) in [7, 11) is 3.22. The lowest BCUT2D eigenvalue weighted by atomic mass is 9.69. The Morgan fingerprint density at radius 3 is 2.54 bits per heavy atom. The first-order valence-electron chi connectivity index (χ1n) is 14.1. The van der Waals surface area contributed by atoms with Crippen LogP contribution >= 0.6 is 0 Å². The molecule has 4 atom stereocenters. The van der Waals surface area contributed by atoms with Gasteiger partial charge in [0.15, 0.2) is 11.5 Å². The average molecular weight is 557 g/mol. The molecule has 1 amide bonds. The van der Waals surface area contributed by atoms with Crippen LogP contribution in [0.3, 0.4) is 0 Å². The molecule has 0 saturated carbocycles. The molecule has 0 spiro atoms. The number of hydrogen-bond donors (Lipinski definition) is 0. The highest BCUT2D eigenvalue weighted by molar-refractivity contribution is 5.83. The number of nitrogens with zero attached hydrogens (tertiary/aromatic N) is 4. The van der Waals surface area contributed by atoms with E-state index in [1.165, 1.54) is 0 Å². The molecule has 7 rings (SSSR count). The normalized spacial score (nSPS) is 24.0. The molecular weight excluding hydrogens is 524 g/mol.